The standard InChI is InChI=1S/C24H27N5O2/c1-4-29-21-13-24(2,3)10-8-17(21)23(27-29)19-12-18(25-26-19)15-6-5-7-20-16(15)9-11-28(20)14-22(30)31/h5-7,9,11-12H,4,8,10,13-14H2,1-3H3,(H,25,26)(H,30,31). The number of aryl methyl sites for hydroxylation is 1. The molecule has 0 aliphatic heterocycles. The highest BCUT2D eigenvalue weighted by Crippen LogP contribution is 2.39. The summed E-state index contributed by atoms with van der Waals surface area (Å²) in [6.45, 7) is 7.59. The smallest absolute Gasteiger partial charge is 0.323 e. The van der Waals surface area contributed by atoms with Gasteiger partial charge in [-0.15, -0.1) is 0 Å². The lowest BCUT2D eigenvalue weighted by molar-refractivity contribution is -0.137. The first-order valence-electron chi connectivity index (χ1n) is 10.8. The van der Waals surface area contributed by atoms with Crippen molar-refractivity contribution in [1.82, 2.24) is 24.5 Å². The van der Waals surface area contributed by atoms with Crippen molar-refractivity contribution in [3.63, 3.8) is 0 Å². The average Bonchev–Trinajstić information content (AvgIpc) is 3.43. The number of fused-ring (bicyclic) bond motifs is 2. The molecular weight excluding hydrogens is 390 g/mol. The highest BCUT2D eigenvalue weighted by atomic mass is 16.4. The van der Waals surface area contributed by atoms with Gasteiger partial charge in [0.05, 0.1) is 11.4 Å². The lowest BCUT2D eigenvalue weighted by atomic mass is 9.76. The summed E-state index contributed by atoms with van der Waals surface area (Å²) in [5, 5.41) is 22.9. The number of H-pyrrole nitrogens is 1. The quantitative estimate of drug-likeness (QED) is 0.500. The topological polar surface area (TPSA) is 88.7 Å². The number of carbonyl (C=O) groups is 1. The van der Waals surface area contributed by atoms with E-state index in [1.54, 1.807) is 4.57 Å². The molecule has 5 rings (SSSR count). The van der Waals surface area contributed by atoms with Crippen molar-refractivity contribution >= 4 is 16.9 Å². The normalized spacial score (nSPS) is 15.3. The van der Waals surface area contributed by atoms with Gasteiger partial charge in [0.2, 0.25) is 0 Å². The SMILES string of the molecule is CCn1nc(-c2cc(-c3cccc4c3ccn4CC(=O)O)n[nH]2)c2c1CC(C)(C)CC2. The zero-order valence-corrected chi connectivity index (χ0v) is 18.1. The maximum atomic E-state index is 11.2. The number of aliphatic carboxylic acids is 1. The number of carboxylic acid groups (broad SMARTS) is 1. The Balaban J connectivity index is 1.56. The second-order valence-electron chi connectivity index (χ2n) is 9.17. The van der Waals surface area contributed by atoms with E-state index in [1.165, 1.54) is 11.3 Å². The molecule has 1 aromatic carbocycles. The lowest BCUT2D eigenvalue weighted by Crippen LogP contribution is -2.24. The third-order valence-corrected chi connectivity index (χ3v) is 6.39. The summed E-state index contributed by atoms with van der Waals surface area (Å²) in [6, 6.07) is 9.93. The second kappa shape index (κ2) is 7.11. The molecule has 1 aliphatic carbocycles. The Hall–Kier alpha value is -3.35. The first-order valence-corrected chi connectivity index (χ1v) is 10.8. The molecule has 7 heteroatoms. The Morgan fingerprint density at radius 3 is 2.90 bits per heavy atom. The van der Waals surface area contributed by atoms with Gasteiger partial charge in [0.15, 0.2) is 0 Å². The van der Waals surface area contributed by atoms with Crippen LogP contribution in [0.25, 0.3) is 33.5 Å². The van der Waals surface area contributed by atoms with Crippen molar-refractivity contribution < 1.29 is 9.90 Å². The van der Waals surface area contributed by atoms with Crippen molar-refractivity contribution in [2.45, 2.75) is 53.1 Å². The van der Waals surface area contributed by atoms with Gasteiger partial charge in [-0.05, 0) is 49.8 Å². The van der Waals surface area contributed by atoms with E-state index in [9.17, 15) is 4.79 Å². The Bertz CT molecular complexity index is 1290. The van der Waals surface area contributed by atoms with Crippen molar-refractivity contribution in [3.8, 4) is 22.6 Å². The van der Waals surface area contributed by atoms with Gasteiger partial charge in [-0.2, -0.15) is 10.2 Å². The predicted octanol–water partition coefficient (Wildman–Crippen LogP) is 4.51. The molecule has 0 fully saturated rings. The third-order valence-electron chi connectivity index (χ3n) is 6.39. The Morgan fingerprint density at radius 1 is 1.29 bits per heavy atom. The maximum Gasteiger partial charge on any atom is 0.323 e. The van der Waals surface area contributed by atoms with Crippen LogP contribution in [-0.4, -0.2) is 35.6 Å². The second-order valence-corrected chi connectivity index (χ2v) is 9.17. The Labute approximate surface area is 180 Å². The summed E-state index contributed by atoms with van der Waals surface area (Å²) in [7, 11) is 0. The average molecular weight is 418 g/mol. The van der Waals surface area contributed by atoms with Gasteiger partial charge in [0.1, 0.15) is 12.2 Å². The molecule has 0 amide bonds. The summed E-state index contributed by atoms with van der Waals surface area (Å²) >= 11 is 0. The highest BCUT2D eigenvalue weighted by molar-refractivity contribution is 5.95. The first kappa shape index (κ1) is 19.6. The van der Waals surface area contributed by atoms with Crippen LogP contribution in [0, 0.1) is 5.41 Å². The van der Waals surface area contributed by atoms with E-state index >= 15 is 0 Å². The molecule has 3 aromatic heterocycles. The Kier molecular flexibility index (Phi) is 4.50. The number of hydrogen-bond acceptors (Lipinski definition) is 3. The maximum absolute atomic E-state index is 11.2. The number of nitrogens with one attached hydrogen (secondary N) is 1. The fraction of sp³-hybridized carbons (Fsp3) is 0.375. The molecule has 1 aliphatic rings. The zero-order valence-electron chi connectivity index (χ0n) is 18.1. The van der Waals surface area contributed by atoms with E-state index in [4.69, 9.17) is 10.2 Å². The fourth-order valence-corrected chi connectivity index (χ4v) is 4.79. The van der Waals surface area contributed by atoms with Crippen LogP contribution in [0.15, 0.2) is 36.5 Å². The molecule has 0 saturated carbocycles. The minimum Gasteiger partial charge on any atom is -0.480 e. The van der Waals surface area contributed by atoms with Gasteiger partial charge >= 0.3 is 5.97 Å². The van der Waals surface area contributed by atoms with Gasteiger partial charge in [-0.3, -0.25) is 14.6 Å². The zero-order chi connectivity index (χ0) is 21.8. The fourth-order valence-electron chi connectivity index (χ4n) is 4.79. The summed E-state index contributed by atoms with van der Waals surface area (Å²) in [6.07, 6.45) is 5.04. The van der Waals surface area contributed by atoms with Gasteiger partial charge in [0, 0.05) is 40.5 Å². The number of nitrogens with zero attached hydrogens (tertiary/aromatic N) is 4. The van der Waals surface area contributed by atoms with Crippen molar-refractivity contribution in [2.75, 3.05) is 0 Å². The van der Waals surface area contributed by atoms with Crippen molar-refractivity contribution in [1.29, 1.82) is 0 Å². The van der Waals surface area contributed by atoms with E-state index in [-0.39, 0.29) is 6.54 Å². The number of carboxylic acids is 1. The van der Waals surface area contributed by atoms with E-state index in [0.29, 0.717) is 5.41 Å². The largest absolute Gasteiger partial charge is 0.480 e. The summed E-state index contributed by atoms with van der Waals surface area (Å²) in [4.78, 5) is 11.2. The molecule has 31 heavy (non-hydrogen) atoms. The number of rotatable bonds is 5. The van der Waals surface area contributed by atoms with E-state index in [0.717, 1.165) is 59.4 Å². The number of aromatic nitrogens is 5. The van der Waals surface area contributed by atoms with Crippen LogP contribution in [0.2, 0.25) is 0 Å². The van der Waals surface area contributed by atoms with Gasteiger partial charge in [0.25, 0.3) is 0 Å². The van der Waals surface area contributed by atoms with Crippen molar-refractivity contribution in [2.24, 2.45) is 5.41 Å². The minimum absolute atomic E-state index is 0.0598. The van der Waals surface area contributed by atoms with E-state index < -0.39 is 5.97 Å². The van der Waals surface area contributed by atoms with Crippen LogP contribution in [-0.2, 0) is 30.7 Å². The molecule has 2 N–H and O–H groups in total. The van der Waals surface area contributed by atoms with Crippen LogP contribution in [0.5, 0.6) is 0 Å². The molecule has 7 nitrogen and oxygen atoms in total. The van der Waals surface area contributed by atoms with Crippen LogP contribution in [0.3, 0.4) is 0 Å². The van der Waals surface area contributed by atoms with Crippen LogP contribution in [0.1, 0.15) is 38.4 Å². The molecule has 0 saturated heterocycles. The summed E-state index contributed by atoms with van der Waals surface area (Å²) in [5.41, 5.74) is 7.62. The summed E-state index contributed by atoms with van der Waals surface area (Å²) in [5.74, 6) is -0.857. The molecular formula is C24H27N5O2. The molecule has 4 aromatic rings. The number of aromatic amines is 1. The number of hydrogen-bond donors (Lipinski definition) is 2. The molecule has 0 atom stereocenters. The molecule has 0 unspecified atom stereocenters. The molecule has 3 heterocycles. The first-order chi connectivity index (χ1) is 14.9. The van der Waals surface area contributed by atoms with Gasteiger partial charge in [-0.1, -0.05) is 26.0 Å². The molecule has 0 bridgehead atoms. The van der Waals surface area contributed by atoms with Crippen LogP contribution < -0.4 is 0 Å². The molecule has 160 valence electrons. The highest BCUT2D eigenvalue weighted by Gasteiger charge is 2.31. The van der Waals surface area contributed by atoms with Crippen LogP contribution in [0.4, 0.5) is 0 Å². The summed E-state index contributed by atoms with van der Waals surface area (Å²) < 4.78 is 3.88. The molecule has 0 spiro atoms. The van der Waals surface area contributed by atoms with E-state index in [2.05, 4.69) is 41.7 Å². The van der Waals surface area contributed by atoms with Gasteiger partial charge in [-0.25, -0.2) is 0 Å². The monoisotopic (exact) mass is 417 g/mol. The van der Waals surface area contributed by atoms with Crippen molar-refractivity contribution in [3.05, 3.63) is 47.8 Å². The van der Waals surface area contributed by atoms with Crippen LogP contribution >= 0.6 is 0 Å². The third kappa shape index (κ3) is 3.34. The lowest BCUT2D eigenvalue weighted by Gasteiger charge is -2.30. The number of benzene rings is 1. The Morgan fingerprint density at radius 2 is 2.13 bits per heavy atom. The predicted molar refractivity (Wildman–Crippen MR) is 120 cm³/mol. The molecule has 0 radical (unpaired) electrons. The minimum atomic E-state index is -0.857. The van der Waals surface area contributed by atoms with E-state index in [1.807, 2.05) is 30.5 Å². The van der Waals surface area contributed by atoms with Gasteiger partial charge < -0.3 is 9.67 Å².